The number of hydrogen-bond acceptors (Lipinski definition) is 5. The van der Waals surface area contributed by atoms with E-state index in [9.17, 15) is 4.79 Å². The van der Waals surface area contributed by atoms with Gasteiger partial charge in [0.15, 0.2) is 23.0 Å². The van der Waals surface area contributed by atoms with Crippen LogP contribution in [0.3, 0.4) is 0 Å². The van der Waals surface area contributed by atoms with Gasteiger partial charge in [-0.25, -0.2) is 0 Å². The summed E-state index contributed by atoms with van der Waals surface area (Å²) in [6, 6.07) is 11.1. The summed E-state index contributed by atoms with van der Waals surface area (Å²) in [6.45, 7) is 8.89. The monoisotopic (exact) mass is 385 g/mol. The third kappa shape index (κ3) is 4.32. The predicted molar refractivity (Wildman–Crippen MR) is 107 cm³/mol. The van der Waals surface area contributed by atoms with Gasteiger partial charge in [0.05, 0.1) is 13.2 Å². The lowest BCUT2D eigenvalue weighted by atomic mass is 10.1. The number of benzene rings is 2. The van der Waals surface area contributed by atoms with Crippen LogP contribution in [0.25, 0.3) is 0 Å². The summed E-state index contributed by atoms with van der Waals surface area (Å²) < 4.78 is 22.7. The Kier molecular flexibility index (Phi) is 6.63. The summed E-state index contributed by atoms with van der Waals surface area (Å²) in [4.78, 5) is 14.9. The van der Waals surface area contributed by atoms with Gasteiger partial charge in [-0.05, 0) is 45.0 Å². The van der Waals surface area contributed by atoms with E-state index in [0.29, 0.717) is 56.6 Å². The van der Waals surface area contributed by atoms with Gasteiger partial charge in [-0.3, -0.25) is 4.79 Å². The largest absolute Gasteiger partial charge is 0.490 e. The topological polar surface area (TPSA) is 57.2 Å². The maximum atomic E-state index is 13.1. The van der Waals surface area contributed by atoms with Crippen LogP contribution in [0.1, 0.15) is 36.7 Å². The second kappa shape index (κ2) is 9.35. The van der Waals surface area contributed by atoms with Crippen molar-refractivity contribution in [1.29, 1.82) is 0 Å². The van der Waals surface area contributed by atoms with E-state index in [1.165, 1.54) is 0 Å². The van der Waals surface area contributed by atoms with Gasteiger partial charge in [0.2, 0.25) is 0 Å². The molecule has 1 aliphatic rings. The fourth-order valence-electron chi connectivity index (χ4n) is 3.16. The number of ether oxygens (including phenoxy) is 4. The van der Waals surface area contributed by atoms with E-state index in [2.05, 4.69) is 0 Å². The van der Waals surface area contributed by atoms with Crippen molar-refractivity contribution >= 4 is 5.91 Å². The molecule has 0 fully saturated rings. The first-order chi connectivity index (χ1) is 13.7. The SMILES string of the molecule is CCOc1ccc(C(=O)N(CC)Cc2cccc3c2OCCO3)cc1OCC. The van der Waals surface area contributed by atoms with Gasteiger partial charge in [-0.1, -0.05) is 12.1 Å². The summed E-state index contributed by atoms with van der Waals surface area (Å²) in [7, 11) is 0. The van der Waals surface area contributed by atoms with Crippen molar-refractivity contribution in [3.63, 3.8) is 0 Å². The molecule has 0 spiro atoms. The fraction of sp³-hybridized carbons (Fsp3) is 0.409. The molecule has 0 unspecified atom stereocenters. The molecule has 0 N–H and O–H groups in total. The molecular weight excluding hydrogens is 358 g/mol. The van der Waals surface area contributed by atoms with Crippen molar-refractivity contribution < 1.29 is 23.7 Å². The first kappa shape index (κ1) is 19.9. The lowest BCUT2D eigenvalue weighted by molar-refractivity contribution is 0.0748. The summed E-state index contributed by atoms with van der Waals surface area (Å²) in [6.07, 6.45) is 0. The molecule has 2 aromatic carbocycles. The van der Waals surface area contributed by atoms with Crippen molar-refractivity contribution in [2.45, 2.75) is 27.3 Å². The number of nitrogens with zero attached hydrogens (tertiary/aromatic N) is 1. The lowest BCUT2D eigenvalue weighted by Crippen LogP contribution is -2.31. The minimum atomic E-state index is -0.0687. The maximum Gasteiger partial charge on any atom is 0.254 e. The van der Waals surface area contributed by atoms with Gasteiger partial charge >= 0.3 is 0 Å². The molecule has 2 aromatic rings. The van der Waals surface area contributed by atoms with Crippen LogP contribution >= 0.6 is 0 Å². The van der Waals surface area contributed by atoms with Gasteiger partial charge < -0.3 is 23.8 Å². The van der Waals surface area contributed by atoms with Crippen LogP contribution in [0.15, 0.2) is 36.4 Å². The summed E-state index contributed by atoms with van der Waals surface area (Å²) >= 11 is 0. The Morgan fingerprint density at radius 1 is 1.00 bits per heavy atom. The number of carbonyl (C=O) groups is 1. The number of rotatable bonds is 8. The van der Waals surface area contributed by atoms with E-state index in [0.717, 1.165) is 17.1 Å². The molecule has 0 bridgehead atoms. The zero-order valence-electron chi connectivity index (χ0n) is 16.7. The highest BCUT2D eigenvalue weighted by atomic mass is 16.6. The molecule has 6 nitrogen and oxygen atoms in total. The Morgan fingerprint density at radius 3 is 2.50 bits per heavy atom. The van der Waals surface area contributed by atoms with E-state index >= 15 is 0 Å². The smallest absolute Gasteiger partial charge is 0.254 e. The standard InChI is InChI=1S/C22H27NO5/c1-4-23(15-17-8-7-9-19-21(17)28-13-12-27-19)22(24)16-10-11-18(25-5-2)20(14-16)26-6-3/h7-11,14H,4-6,12-13,15H2,1-3H3. The molecule has 150 valence electrons. The molecular formula is C22H27NO5. The Bertz CT molecular complexity index is 821. The molecule has 1 heterocycles. The van der Waals surface area contributed by atoms with Crippen LogP contribution in [-0.2, 0) is 6.54 Å². The Labute approximate surface area is 166 Å². The highest BCUT2D eigenvalue weighted by Crippen LogP contribution is 2.35. The maximum absolute atomic E-state index is 13.1. The highest BCUT2D eigenvalue weighted by Gasteiger charge is 2.21. The minimum Gasteiger partial charge on any atom is -0.490 e. The molecule has 3 rings (SSSR count). The van der Waals surface area contributed by atoms with Gasteiger partial charge in [-0.15, -0.1) is 0 Å². The van der Waals surface area contributed by atoms with Crippen molar-refractivity contribution in [3.05, 3.63) is 47.5 Å². The Hall–Kier alpha value is -2.89. The predicted octanol–water partition coefficient (Wildman–Crippen LogP) is 3.92. The van der Waals surface area contributed by atoms with E-state index in [1.807, 2.05) is 39.0 Å². The van der Waals surface area contributed by atoms with E-state index in [4.69, 9.17) is 18.9 Å². The summed E-state index contributed by atoms with van der Waals surface area (Å²) in [5.74, 6) is 2.61. The van der Waals surface area contributed by atoms with Crippen LogP contribution in [-0.4, -0.2) is 43.8 Å². The Morgan fingerprint density at radius 2 is 1.75 bits per heavy atom. The van der Waals surface area contributed by atoms with Gasteiger partial charge in [0.25, 0.3) is 5.91 Å². The number of para-hydroxylation sites is 1. The molecule has 1 amide bonds. The van der Waals surface area contributed by atoms with Crippen molar-refractivity contribution in [1.82, 2.24) is 4.90 Å². The lowest BCUT2D eigenvalue weighted by Gasteiger charge is -2.25. The van der Waals surface area contributed by atoms with Crippen molar-refractivity contribution in [2.75, 3.05) is 33.0 Å². The third-order valence-corrected chi connectivity index (χ3v) is 4.47. The molecule has 1 aliphatic heterocycles. The van der Waals surface area contributed by atoms with E-state index in [1.54, 1.807) is 23.1 Å². The number of amides is 1. The molecule has 0 saturated carbocycles. The third-order valence-electron chi connectivity index (χ3n) is 4.47. The van der Waals surface area contributed by atoms with E-state index in [-0.39, 0.29) is 5.91 Å². The molecule has 0 radical (unpaired) electrons. The first-order valence-corrected chi connectivity index (χ1v) is 9.74. The minimum absolute atomic E-state index is 0.0687. The summed E-state index contributed by atoms with van der Waals surface area (Å²) in [5, 5.41) is 0. The fourth-order valence-corrected chi connectivity index (χ4v) is 3.16. The molecule has 28 heavy (non-hydrogen) atoms. The van der Waals surface area contributed by atoms with Crippen molar-refractivity contribution in [2.24, 2.45) is 0 Å². The van der Waals surface area contributed by atoms with E-state index < -0.39 is 0 Å². The van der Waals surface area contributed by atoms with Crippen LogP contribution in [0, 0.1) is 0 Å². The molecule has 0 aromatic heterocycles. The number of fused-ring (bicyclic) bond motifs is 1. The normalized spacial score (nSPS) is 12.4. The average molecular weight is 385 g/mol. The van der Waals surface area contributed by atoms with Crippen LogP contribution in [0.2, 0.25) is 0 Å². The summed E-state index contributed by atoms with van der Waals surface area (Å²) in [5.41, 5.74) is 1.50. The zero-order chi connectivity index (χ0) is 19.9. The number of carbonyl (C=O) groups excluding carboxylic acids is 1. The second-order valence-electron chi connectivity index (χ2n) is 6.29. The van der Waals surface area contributed by atoms with Crippen LogP contribution in [0.4, 0.5) is 0 Å². The molecule has 0 saturated heterocycles. The zero-order valence-corrected chi connectivity index (χ0v) is 16.7. The van der Waals surface area contributed by atoms with Gasteiger partial charge in [0, 0.05) is 24.2 Å². The average Bonchev–Trinajstić information content (AvgIpc) is 2.73. The van der Waals surface area contributed by atoms with Crippen LogP contribution < -0.4 is 18.9 Å². The molecule has 0 aliphatic carbocycles. The molecule has 0 atom stereocenters. The highest BCUT2D eigenvalue weighted by molar-refractivity contribution is 5.95. The van der Waals surface area contributed by atoms with Gasteiger partial charge in [0.1, 0.15) is 13.2 Å². The van der Waals surface area contributed by atoms with Gasteiger partial charge in [-0.2, -0.15) is 0 Å². The van der Waals surface area contributed by atoms with Crippen molar-refractivity contribution in [3.8, 4) is 23.0 Å². The molecule has 6 heteroatoms. The van der Waals surface area contributed by atoms with Crippen LogP contribution in [0.5, 0.6) is 23.0 Å². The second-order valence-corrected chi connectivity index (χ2v) is 6.29. The quantitative estimate of drug-likeness (QED) is 0.689. The number of hydrogen-bond donors (Lipinski definition) is 0. The Balaban J connectivity index is 1.83. The first-order valence-electron chi connectivity index (χ1n) is 9.74.